The first-order valence-corrected chi connectivity index (χ1v) is 11.8. The van der Waals surface area contributed by atoms with Gasteiger partial charge in [0.25, 0.3) is 0 Å². The summed E-state index contributed by atoms with van der Waals surface area (Å²) in [5, 5.41) is 18.5. The van der Waals surface area contributed by atoms with Gasteiger partial charge >= 0.3 is 29.6 Å². The molecule has 0 spiro atoms. The van der Waals surface area contributed by atoms with Gasteiger partial charge in [0, 0.05) is 6.54 Å². The van der Waals surface area contributed by atoms with E-state index in [1.807, 2.05) is 0 Å². The summed E-state index contributed by atoms with van der Waals surface area (Å²) >= 11 is 0. The fraction of sp³-hybridized carbons (Fsp3) is 0.947. The molecule has 0 radical (unpaired) electrons. The van der Waals surface area contributed by atoms with E-state index in [9.17, 15) is 22.9 Å². The number of carbonyl (C=O) groups excluding carboxylic acids is 1. The summed E-state index contributed by atoms with van der Waals surface area (Å²) in [5.74, 6) is -0.902. The maximum atomic E-state index is 11.9. The van der Waals surface area contributed by atoms with Gasteiger partial charge in [0.15, 0.2) is 0 Å². The van der Waals surface area contributed by atoms with Crippen LogP contribution in [0.4, 0.5) is 0 Å². The molecule has 0 rings (SSSR count). The van der Waals surface area contributed by atoms with E-state index >= 15 is 0 Å². The van der Waals surface area contributed by atoms with Gasteiger partial charge < -0.3 is 20.1 Å². The van der Waals surface area contributed by atoms with E-state index in [-0.39, 0.29) is 42.5 Å². The van der Waals surface area contributed by atoms with E-state index < -0.39 is 34.0 Å². The van der Waals surface area contributed by atoms with E-state index in [0.29, 0.717) is 6.42 Å². The maximum absolute atomic E-state index is 11.9. The molecule has 0 saturated heterocycles. The molecule has 2 unspecified atom stereocenters. The molecule has 0 saturated carbocycles. The number of aliphatic hydroxyl groups is 2. The molecule has 9 heteroatoms. The van der Waals surface area contributed by atoms with Gasteiger partial charge in [-0.2, -0.15) is 0 Å². The maximum Gasteiger partial charge on any atom is 1.00 e. The standard InChI is InChI=1S/C19H39NO6S.Na/c1-2-3-4-5-6-7-8-9-10-11-12-13-14-18(27(24,25)26)19(23)20-15-17(22)16-21;/h17-18,21-22H,2-16H2,1H3,(H,20,23)(H,24,25,26);/q;+1/p-1. The van der Waals surface area contributed by atoms with Gasteiger partial charge in [-0.3, -0.25) is 4.79 Å². The Bertz CT molecular complexity index is 475. The summed E-state index contributed by atoms with van der Waals surface area (Å²) in [6.07, 6.45) is 12.3. The fourth-order valence-corrected chi connectivity index (χ4v) is 3.77. The summed E-state index contributed by atoms with van der Waals surface area (Å²) in [4.78, 5) is 11.9. The molecule has 3 N–H and O–H groups in total. The topological polar surface area (TPSA) is 127 Å². The Hall–Kier alpha value is 0.300. The Morgan fingerprint density at radius 2 is 1.36 bits per heavy atom. The summed E-state index contributed by atoms with van der Waals surface area (Å²) in [7, 11) is -4.74. The van der Waals surface area contributed by atoms with Crippen LogP contribution in [0.5, 0.6) is 0 Å². The van der Waals surface area contributed by atoms with Crippen LogP contribution in [0.25, 0.3) is 0 Å². The van der Waals surface area contributed by atoms with Crippen molar-refractivity contribution in [3.63, 3.8) is 0 Å². The van der Waals surface area contributed by atoms with E-state index in [2.05, 4.69) is 12.2 Å². The second-order valence-electron chi connectivity index (χ2n) is 7.24. The van der Waals surface area contributed by atoms with Crippen molar-refractivity contribution < 1.29 is 57.5 Å². The molecular formula is C19H38NNaO6S. The molecule has 0 heterocycles. The number of rotatable bonds is 18. The van der Waals surface area contributed by atoms with Crippen LogP contribution in [-0.2, 0) is 14.9 Å². The van der Waals surface area contributed by atoms with Gasteiger partial charge in [-0.25, -0.2) is 8.42 Å². The van der Waals surface area contributed by atoms with Crippen LogP contribution < -0.4 is 34.9 Å². The average Bonchev–Trinajstić information content (AvgIpc) is 2.62. The van der Waals surface area contributed by atoms with Crippen LogP contribution in [0.1, 0.15) is 90.4 Å². The van der Waals surface area contributed by atoms with Crippen LogP contribution in [0.3, 0.4) is 0 Å². The number of aliphatic hydroxyl groups excluding tert-OH is 2. The number of unbranched alkanes of at least 4 members (excludes halogenated alkanes) is 11. The van der Waals surface area contributed by atoms with Crippen molar-refractivity contribution in [2.45, 2.75) is 102 Å². The Labute approximate surface area is 193 Å². The third-order valence-corrected chi connectivity index (χ3v) is 5.83. The zero-order valence-corrected chi connectivity index (χ0v) is 20.5. The van der Waals surface area contributed by atoms with Crippen molar-refractivity contribution >= 4 is 16.0 Å². The molecule has 0 aliphatic heterocycles. The number of hydrogen-bond donors (Lipinski definition) is 3. The van der Waals surface area contributed by atoms with Crippen molar-refractivity contribution in [2.24, 2.45) is 0 Å². The largest absolute Gasteiger partial charge is 1.00 e. The molecule has 162 valence electrons. The van der Waals surface area contributed by atoms with Crippen LogP contribution in [0.15, 0.2) is 0 Å². The van der Waals surface area contributed by atoms with Crippen molar-refractivity contribution in [1.82, 2.24) is 5.32 Å². The van der Waals surface area contributed by atoms with Crippen LogP contribution >= 0.6 is 0 Å². The Balaban J connectivity index is 0. The zero-order chi connectivity index (χ0) is 20.5. The first-order valence-electron chi connectivity index (χ1n) is 10.3. The van der Waals surface area contributed by atoms with E-state index in [0.717, 1.165) is 25.7 Å². The first kappa shape index (κ1) is 30.5. The molecule has 0 aromatic heterocycles. The van der Waals surface area contributed by atoms with Gasteiger partial charge in [-0.05, 0) is 6.42 Å². The van der Waals surface area contributed by atoms with Crippen molar-refractivity contribution in [2.75, 3.05) is 13.2 Å². The Morgan fingerprint density at radius 1 is 0.929 bits per heavy atom. The minimum Gasteiger partial charge on any atom is -0.747 e. The second kappa shape index (κ2) is 19.3. The van der Waals surface area contributed by atoms with Gasteiger partial charge in [-0.1, -0.05) is 84.0 Å². The molecule has 2 atom stereocenters. The second-order valence-corrected chi connectivity index (χ2v) is 8.80. The molecule has 0 bridgehead atoms. The third-order valence-electron chi connectivity index (χ3n) is 4.68. The molecule has 7 nitrogen and oxygen atoms in total. The predicted octanol–water partition coefficient (Wildman–Crippen LogP) is -0.535. The number of amides is 1. The minimum atomic E-state index is -4.74. The SMILES string of the molecule is CCCCCCCCCCCCCCC(C(=O)NCC(O)CO)S(=O)(=O)[O-].[Na+]. The molecular weight excluding hydrogens is 393 g/mol. The van der Waals surface area contributed by atoms with Gasteiger partial charge in [0.05, 0.1) is 12.7 Å². The van der Waals surface area contributed by atoms with Crippen molar-refractivity contribution in [3.8, 4) is 0 Å². The van der Waals surface area contributed by atoms with Crippen molar-refractivity contribution in [3.05, 3.63) is 0 Å². The molecule has 1 amide bonds. The number of carbonyl (C=O) groups is 1. The van der Waals surface area contributed by atoms with Crippen LogP contribution in [-0.4, -0.2) is 53.6 Å². The summed E-state index contributed by atoms with van der Waals surface area (Å²) in [5.41, 5.74) is 0. The molecule has 0 aliphatic carbocycles. The minimum absolute atomic E-state index is 0. The molecule has 0 fully saturated rings. The summed E-state index contributed by atoms with van der Waals surface area (Å²) < 4.78 is 33.9. The third kappa shape index (κ3) is 17.2. The zero-order valence-electron chi connectivity index (χ0n) is 17.7. The van der Waals surface area contributed by atoms with Crippen molar-refractivity contribution in [1.29, 1.82) is 0 Å². The Kier molecular flexibility index (Phi) is 21.0. The van der Waals surface area contributed by atoms with E-state index in [1.54, 1.807) is 0 Å². The Morgan fingerprint density at radius 3 is 1.75 bits per heavy atom. The smallest absolute Gasteiger partial charge is 0.747 e. The number of nitrogens with one attached hydrogen (secondary N) is 1. The van der Waals surface area contributed by atoms with Gasteiger partial charge in [0.1, 0.15) is 15.4 Å². The van der Waals surface area contributed by atoms with Gasteiger partial charge in [0.2, 0.25) is 5.91 Å². The summed E-state index contributed by atoms with van der Waals surface area (Å²) in [6.45, 7) is 1.39. The van der Waals surface area contributed by atoms with Gasteiger partial charge in [-0.15, -0.1) is 0 Å². The molecule has 0 aromatic rings. The predicted molar refractivity (Wildman–Crippen MR) is 105 cm³/mol. The fourth-order valence-electron chi connectivity index (χ4n) is 2.97. The molecule has 0 aromatic carbocycles. The molecule has 28 heavy (non-hydrogen) atoms. The van der Waals surface area contributed by atoms with E-state index in [4.69, 9.17) is 5.11 Å². The quantitative estimate of drug-likeness (QED) is 0.152. The van der Waals surface area contributed by atoms with E-state index in [1.165, 1.54) is 44.9 Å². The normalized spacial score (nSPS) is 13.6. The monoisotopic (exact) mass is 431 g/mol. The molecule has 0 aliphatic rings. The average molecular weight is 432 g/mol. The first-order chi connectivity index (χ1) is 12.8. The van der Waals surface area contributed by atoms with Crippen LogP contribution in [0.2, 0.25) is 0 Å². The number of hydrogen-bond acceptors (Lipinski definition) is 6. The summed E-state index contributed by atoms with van der Waals surface area (Å²) in [6, 6.07) is 0. The van der Waals surface area contributed by atoms with Crippen LogP contribution in [0, 0.1) is 0 Å².